The summed E-state index contributed by atoms with van der Waals surface area (Å²) >= 11 is 5.97. The number of hydrogen-bond donors (Lipinski definition) is 0. The molecule has 0 heterocycles. The van der Waals surface area contributed by atoms with Gasteiger partial charge in [0, 0.05) is 18.1 Å². The maximum absolute atomic E-state index is 11.9. The Bertz CT molecular complexity index is 446. The predicted octanol–water partition coefficient (Wildman–Crippen LogP) is 4.14. The summed E-state index contributed by atoms with van der Waals surface area (Å²) in [5, 5.41) is 0.766. The van der Waals surface area contributed by atoms with Crippen LogP contribution in [0.25, 0.3) is 0 Å². The summed E-state index contributed by atoms with van der Waals surface area (Å²) in [5.74, 6) is 0.686. The molecule has 1 saturated carbocycles. The standard InChI is InChI=1S/C16H22ClNO2/c1-2-20-16(19)18(12-14-8-9-14)10-4-6-13-5-3-7-15(17)11-13/h3,5,7,11,14H,2,4,6,8-10,12H2,1H3. The van der Waals surface area contributed by atoms with Crippen molar-refractivity contribution in [2.75, 3.05) is 19.7 Å². The van der Waals surface area contributed by atoms with Crippen LogP contribution in [0.3, 0.4) is 0 Å². The number of halogens is 1. The van der Waals surface area contributed by atoms with Crippen LogP contribution in [0.2, 0.25) is 5.02 Å². The van der Waals surface area contributed by atoms with E-state index in [-0.39, 0.29) is 6.09 Å². The van der Waals surface area contributed by atoms with Gasteiger partial charge in [-0.3, -0.25) is 0 Å². The van der Waals surface area contributed by atoms with Crippen molar-refractivity contribution in [3.05, 3.63) is 34.9 Å². The van der Waals surface area contributed by atoms with Crippen molar-refractivity contribution in [1.82, 2.24) is 4.90 Å². The first-order valence-corrected chi connectivity index (χ1v) is 7.73. The van der Waals surface area contributed by atoms with Gasteiger partial charge in [0.2, 0.25) is 0 Å². The molecule has 1 amide bonds. The third-order valence-corrected chi connectivity index (χ3v) is 3.72. The average molecular weight is 296 g/mol. The third-order valence-electron chi connectivity index (χ3n) is 3.48. The Labute approximate surface area is 125 Å². The number of nitrogens with zero attached hydrogens (tertiary/aromatic N) is 1. The fourth-order valence-corrected chi connectivity index (χ4v) is 2.46. The van der Waals surface area contributed by atoms with Crippen LogP contribution >= 0.6 is 11.6 Å². The Morgan fingerprint density at radius 1 is 1.45 bits per heavy atom. The van der Waals surface area contributed by atoms with E-state index in [1.807, 2.05) is 30.0 Å². The van der Waals surface area contributed by atoms with Gasteiger partial charge in [-0.2, -0.15) is 0 Å². The van der Waals surface area contributed by atoms with Crippen LogP contribution in [0, 0.1) is 5.92 Å². The number of rotatable bonds is 7. The quantitative estimate of drug-likeness (QED) is 0.756. The molecule has 3 nitrogen and oxygen atoms in total. The molecule has 0 aliphatic heterocycles. The molecule has 0 radical (unpaired) electrons. The van der Waals surface area contributed by atoms with Gasteiger partial charge in [-0.25, -0.2) is 4.79 Å². The molecule has 0 unspecified atom stereocenters. The van der Waals surface area contributed by atoms with E-state index < -0.39 is 0 Å². The highest BCUT2D eigenvalue weighted by molar-refractivity contribution is 6.30. The normalized spacial score (nSPS) is 14.1. The van der Waals surface area contributed by atoms with Crippen molar-refractivity contribution in [2.45, 2.75) is 32.6 Å². The summed E-state index contributed by atoms with van der Waals surface area (Å²) in [5.41, 5.74) is 1.22. The molecular weight excluding hydrogens is 274 g/mol. The van der Waals surface area contributed by atoms with Crippen molar-refractivity contribution in [3.63, 3.8) is 0 Å². The molecule has 1 aromatic rings. The Balaban J connectivity index is 1.79. The molecule has 0 bridgehead atoms. The van der Waals surface area contributed by atoms with Gasteiger partial charge in [-0.1, -0.05) is 23.7 Å². The highest BCUT2D eigenvalue weighted by atomic mass is 35.5. The fraction of sp³-hybridized carbons (Fsp3) is 0.562. The number of carbonyl (C=O) groups is 1. The lowest BCUT2D eigenvalue weighted by Crippen LogP contribution is -2.34. The molecule has 4 heteroatoms. The Hall–Kier alpha value is -1.22. The van der Waals surface area contributed by atoms with Crippen molar-refractivity contribution >= 4 is 17.7 Å². The minimum atomic E-state index is -0.175. The van der Waals surface area contributed by atoms with E-state index in [4.69, 9.17) is 16.3 Å². The molecule has 0 atom stereocenters. The molecule has 0 N–H and O–H groups in total. The number of hydrogen-bond acceptors (Lipinski definition) is 2. The first-order valence-electron chi connectivity index (χ1n) is 7.35. The van der Waals surface area contributed by atoms with Gasteiger partial charge in [-0.15, -0.1) is 0 Å². The first-order chi connectivity index (χ1) is 9.69. The van der Waals surface area contributed by atoms with Gasteiger partial charge >= 0.3 is 6.09 Å². The number of benzene rings is 1. The monoisotopic (exact) mass is 295 g/mol. The molecule has 1 aliphatic carbocycles. The fourth-order valence-electron chi connectivity index (χ4n) is 2.25. The molecular formula is C16H22ClNO2. The van der Waals surface area contributed by atoms with Crippen LogP contribution in [0.5, 0.6) is 0 Å². The summed E-state index contributed by atoms with van der Waals surface area (Å²) in [6.07, 6.45) is 4.17. The maximum Gasteiger partial charge on any atom is 0.409 e. The second kappa shape index (κ2) is 7.53. The lowest BCUT2D eigenvalue weighted by molar-refractivity contribution is 0.105. The number of ether oxygens (including phenoxy) is 1. The van der Waals surface area contributed by atoms with Gasteiger partial charge < -0.3 is 9.64 Å². The lowest BCUT2D eigenvalue weighted by Gasteiger charge is -2.21. The van der Waals surface area contributed by atoms with Gasteiger partial charge in [0.15, 0.2) is 0 Å². The second-order valence-corrected chi connectivity index (χ2v) is 5.76. The summed E-state index contributed by atoms with van der Waals surface area (Å²) in [7, 11) is 0. The summed E-state index contributed by atoms with van der Waals surface area (Å²) in [6.45, 7) is 3.88. The molecule has 1 fully saturated rings. The topological polar surface area (TPSA) is 29.5 Å². The molecule has 0 spiro atoms. The highest BCUT2D eigenvalue weighted by Gasteiger charge is 2.27. The van der Waals surface area contributed by atoms with Crippen LogP contribution in [0.4, 0.5) is 4.79 Å². The average Bonchev–Trinajstić information content (AvgIpc) is 3.22. The minimum Gasteiger partial charge on any atom is -0.450 e. The van der Waals surface area contributed by atoms with Crippen LogP contribution < -0.4 is 0 Å². The highest BCUT2D eigenvalue weighted by Crippen LogP contribution is 2.30. The van der Waals surface area contributed by atoms with Crippen LogP contribution in [-0.4, -0.2) is 30.7 Å². The molecule has 1 aromatic carbocycles. The molecule has 1 aliphatic rings. The molecule has 0 aromatic heterocycles. The Kier molecular flexibility index (Phi) is 5.72. The van der Waals surface area contributed by atoms with Crippen molar-refractivity contribution in [3.8, 4) is 0 Å². The number of carbonyl (C=O) groups excluding carboxylic acids is 1. The summed E-state index contributed by atoms with van der Waals surface area (Å²) < 4.78 is 5.12. The van der Waals surface area contributed by atoms with Crippen molar-refractivity contribution < 1.29 is 9.53 Å². The molecule has 20 heavy (non-hydrogen) atoms. The largest absolute Gasteiger partial charge is 0.450 e. The van der Waals surface area contributed by atoms with E-state index >= 15 is 0 Å². The second-order valence-electron chi connectivity index (χ2n) is 5.32. The predicted molar refractivity (Wildman–Crippen MR) is 81.1 cm³/mol. The number of aryl methyl sites for hydroxylation is 1. The minimum absolute atomic E-state index is 0.175. The van der Waals surface area contributed by atoms with Gasteiger partial charge in [0.1, 0.15) is 0 Å². The van der Waals surface area contributed by atoms with Crippen molar-refractivity contribution in [1.29, 1.82) is 0 Å². The van der Waals surface area contributed by atoms with E-state index in [0.717, 1.165) is 31.0 Å². The smallest absolute Gasteiger partial charge is 0.409 e. The van der Waals surface area contributed by atoms with E-state index in [1.165, 1.54) is 18.4 Å². The third kappa shape index (κ3) is 5.04. The summed E-state index contributed by atoms with van der Waals surface area (Å²) in [6, 6.07) is 7.90. The SMILES string of the molecule is CCOC(=O)N(CCCc1cccc(Cl)c1)CC1CC1. The van der Waals surface area contributed by atoms with E-state index in [9.17, 15) is 4.79 Å². The van der Waals surface area contributed by atoms with Gasteiger partial charge in [0.05, 0.1) is 6.61 Å². The Morgan fingerprint density at radius 2 is 2.25 bits per heavy atom. The van der Waals surface area contributed by atoms with Crippen molar-refractivity contribution in [2.24, 2.45) is 5.92 Å². The molecule has 2 rings (SSSR count). The Morgan fingerprint density at radius 3 is 2.90 bits per heavy atom. The van der Waals surface area contributed by atoms with E-state index in [0.29, 0.717) is 12.5 Å². The lowest BCUT2D eigenvalue weighted by atomic mass is 10.1. The molecule has 0 saturated heterocycles. The van der Waals surface area contributed by atoms with Gasteiger partial charge in [0.25, 0.3) is 0 Å². The summed E-state index contributed by atoms with van der Waals surface area (Å²) in [4.78, 5) is 13.7. The zero-order valence-electron chi connectivity index (χ0n) is 12.0. The van der Waals surface area contributed by atoms with E-state index in [1.54, 1.807) is 0 Å². The van der Waals surface area contributed by atoms with Crippen LogP contribution in [0.15, 0.2) is 24.3 Å². The first kappa shape index (κ1) is 15.2. The van der Waals surface area contributed by atoms with Crippen LogP contribution in [0.1, 0.15) is 31.7 Å². The maximum atomic E-state index is 11.9. The number of amides is 1. The zero-order valence-corrected chi connectivity index (χ0v) is 12.7. The van der Waals surface area contributed by atoms with Crippen LogP contribution in [-0.2, 0) is 11.2 Å². The zero-order chi connectivity index (χ0) is 14.4. The van der Waals surface area contributed by atoms with Gasteiger partial charge in [-0.05, 0) is 56.2 Å². The van der Waals surface area contributed by atoms with E-state index in [2.05, 4.69) is 6.07 Å². The molecule has 110 valence electrons.